The van der Waals surface area contributed by atoms with Gasteiger partial charge in [0.1, 0.15) is 5.69 Å². The number of carbonyl (C=O) groups is 1. The Morgan fingerprint density at radius 3 is 2.93 bits per heavy atom. The summed E-state index contributed by atoms with van der Waals surface area (Å²) < 4.78 is 0. The van der Waals surface area contributed by atoms with Gasteiger partial charge in [-0.3, -0.25) is 4.79 Å². The summed E-state index contributed by atoms with van der Waals surface area (Å²) in [7, 11) is 1.59. The van der Waals surface area contributed by atoms with Gasteiger partial charge in [0.05, 0.1) is 0 Å². The summed E-state index contributed by atoms with van der Waals surface area (Å²) in [5, 5.41) is 7.79. The molecule has 0 radical (unpaired) electrons. The number of hydrogen-bond acceptors (Lipinski definition) is 5. The first-order valence-electron chi connectivity index (χ1n) is 3.88. The molecule has 0 aliphatic rings. The highest BCUT2D eigenvalue weighted by Gasteiger charge is 2.11. The number of carbonyl (C=O) groups excluding carboxylic acids is 1. The van der Waals surface area contributed by atoms with Crippen molar-refractivity contribution in [2.75, 3.05) is 7.05 Å². The van der Waals surface area contributed by atoms with Crippen LogP contribution in [-0.4, -0.2) is 22.9 Å². The Kier molecular flexibility index (Phi) is 2.55. The van der Waals surface area contributed by atoms with Crippen LogP contribution in [-0.2, 0) is 0 Å². The Balaban J connectivity index is 2.31. The molecule has 0 spiro atoms. The maximum absolute atomic E-state index is 11.2. The first-order valence-corrected chi connectivity index (χ1v) is 5.64. The van der Waals surface area contributed by atoms with Crippen LogP contribution in [0.1, 0.15) is 10.5 Å². The Morgan fingerprint density at radius 2 is 2.29 bits per heavy atom. The summed E-state index contributed by atoms with van der Waals surface area (Å²) in [6.45, 7) is 0. The van der Waals surface area contributed by atoms with Gasteiger partial charge in [0, 0.05) is 24.0 Å². The fraction of sp³-hybridized carbons (Fsp3) is 0.125. The molecule has 0 aromatic carbocycles. The molecule has 2 aromatic rings. The van der Waals surface area contributed by atoms with E-state index < -0.39 is 0 Å². The number of hydrogen-bond donors (Lipinski definition) is 1. The highest BCUT2D eigenvalue weighted by molar-refractivity contribution is 7.19. The van der Waals surface area contributed by atoms with Gasteiger partial charge in [-0.2, -0.15) is 0 Å². The molecule has 0 saturated heterocycles. The van der Waals surface area contributed by atoms with Gasteiger partial charge in [-0.25, -0.2) is 9.97 Å². The number of rotatable bonds is 2. The lowest BCUT2D eigenvalue weighted by Gasteiger charge is -1.91. The fourth-order valence-electron chi connectivity index (χ4n) is 0.933. The average molecular weight is 225 g/mol. The van der Waals surface area contributed by atoms with Crippen molar-refractivity contribution in [2.24, 2.45) is 0 Å². The maximum atomic E-state index is 11.2. The predicted molar refractivity (Wildman–Crippen MR) is 56.6 cm³/mol. The van der Waals surface area contributed by atoms with Gasteiger partial charge in [-0.15, -0.1) is 22.7 Å². The summed E-state index contributed by atoms with van der Waals surface area (Å²) in [4.78, 5) is 19.5. The van der Waals surface area contributed by atoms with Crippen molar-refractivity contribution in [1.29, 1.82) is 0 Å². The topological polar surface area (TPSA) is 54.9 Å². The van der Waals surface area contributed by atoms with Gasteiger partial charge in [0.2, 0.25) is 0 Å². The van der Waals surface area contributed by atoms with Crippen molar-refractivity contribution in [2.45, 2.75) is 0 Å². The SMILES string of the molecule is CNC(=O)c1csc(-c2nccs2)n1. The third-order valence-electron chi connectivity index (χ3n) is 1.58. The number of thiazole rings is 2. The second-order valence-corrected chi connectivity index (χ2v) is 4.21. The van der Waals surface area contributed by atoms with E-state index >= 15 is 0 Å². The molecule has 2 heterocycles. The highest BCUT2D eigenvalue weighted by Crippen LogP contribution is 2.25. The number of nitrogens with zero attached hydrogens (tertiary/aromatic N) is 2. The van der Waals surface area contributed by atoms with Crippen LogP contribution in [0.2, 0.25) is 0 Å². The highest BCUT2D eigenvalue weighted by atomic mass is 32.1. The summed E-state index contributed by atoms with van der Waals surface area (Å²) in [6, 6.07) is 0. The van der Waals surface area contributed by atoms with Crippen LogP contribution in [0.3, 0.4) is 0 Å². The van der Waals surface area contributed by atoms with E-state index in [0.717, 1.165) is 10.0 Å². The normalized spacial score (nSPS) is 10.1. The Morgan fingerprint density at radius 1 is 1.43 bits per heavy atom. The third-order valence-corrected chi connectivity index (χ3v) is 3.34. The van der Waals surface area contributed by atoms with E-state index in [0.29, 0.717) is 5.69 Å². The zero-order chi connectivity index (χ0) is 9.97. The van der Waals surface area contributed by atoms with Crippen LogP contribution < -0.4 is 5.32 Å². The second kappa shape index (κ2) is 3.85. The zero-order valence-electron chi connectivity index (χ0n) is 7.35. The fourth-order valence-corrected chi connectivity index (χ4v) is 2.43. The molecule has 0 unspecified atom stereocenters. The molecule has 0 fully saturated rings. The van der Waals surface area contributed by atoms with E-state index in [1.54, 1.807) is 18.6 Å². The van der Waals surface area contributed by atoms with Crippen molar-refractivity contribution in [1.82, 2.24) is 15.3 Å². The van der Waals surface area contributed by atoms with Gasteiger partial charge >= 0.3 is 0 Å². The summed E-state index contributed by atoms with van der Waals surface area (Å²) in [5.74, 6) is -0.163. The molecule has 72 valence electrons. The van der Waals surface area contributed by atoms with E-state index in [-0.39, 0.29) is 5.91 Å². The molecule has 1 N–H and O–H groups in total. The lowest BCUT2D eigenvalue weighted by atomic mass is 10.5. The molecule has 2 aromatic heterocycles. The Bertz CT molecular complexity index is 435. The van der Waals surface area contributed by atoms with Gasteiger partial charge < -0.3 is 5.32 Å². The van der Waals surface area contributed by atoms with Crippen LogP contribution in [0.5, 0.6) is 0 Å². The van der Waals surface area contributed by atoms with Gasteiger partial charge in [-0.1, -0.05) is 0 Å². The van der Waals surface area contributed by atoms with E-state index in [2.05, 4.69) is 15.3 Å². The lowest BCUT2D eigenvalue weighted by molar-refractivity contribution is 0.0959. The molecule has 1 amide bonds. The van der Waals surface area contributed by atoms with Crippen LogP contribution in [0.25, 0.3) is 10.0 Å². The van der Waals surface area contributed by atoms with Crippen molar-refractivity contribution < 1.29 is 4.79 Å². The minimum absolute atomic E-state index is 0.163. The van der Waals surface area contributed by atoms with Crippen LogP contribution in [0, 0.1) is 0 Å². The largest absolute Gasteiger partial charge is 0.354 e. The van der Waals surface area contributed by atoms with E-state index in [1.807, 2.05) is 5.38 Å². The Hall–Kier alpha value is -1.27. The number of nitrogens with one attached hydrogen (secondary N) is 1. The maximum Gasteiger partial charge on any atom is 0.270 e. The van der Waals surface area contributed by atoms with Crippen molar-refractivity contribution in [3.05, 3.63) is 22.7 Å². The monoisotopic (exact) mass is 225 g/mol. The molecule has 0 atom stereocenters. The molecule has 0 bridgehead atoms. The predicted octanol–water partition coefficient (Wildman–Crippen LogP) is 1.63. The second-order valence-electron chi connectivity index (χ2n) is 2.45. The van der Waals surface area contributed by atoms with Crippen molar-refractivity contribution in [3.8, 4) is 10.0 Å². The van der Waals surface area contributed by atoms with E-state index in [1.165, 1.54) is 22.7 Å². The molecule has 0 saturated carbocycles. The third kappa shape index (κ3) is 1.66. The van der Waals surface area contributed by atoms with E-state index in [4.69, 9.17) is 0 Å². The van der Waals surface area contributed by atoms with Gasteiger partial charge in [0.25, 0.3) is 5.91 Å². The van der Waals surface area contributed by atoms with Crippen LogP contribution in [0.15, 0.2) is 17.0 Å². The zero-order valence-corrected chi connectivity index (χ0v) is 8.98. The lowest BCUT2D eigenvalue weighted by Crippen LogP contribution is -2.17. The van der Waals surface area contributed by atoms with Crippen LogP contribution >= 0.6 is 22.7 Å². The summed E-state index contributed by atoms with van der Waals surface area (Å²) in [5.41, 5.74) is 0.447. The molecule has 0 aliphatic heterocycles. The smallest absolute Gasteiger partial charge is 0.270 e. The standard InChI is InChI=1S/C8H7N3OS2/c1-9-6(12)5-4-14-8(11-5)7-10-2-3-13-7/h2-4H,1H3,(H,9,12). The van der Waals surface area contributed by atoms with Crippen molar-refractivity contribution >= 4 is 28.6 Å². The first kappa shape index (κ1) is 9.29. The van der Waals surface area contributed by atoms with Gasteiger partial charge in [-0.05, 0) is 0 Å². The molecule has 2 rings (SSSR count). The molecular formula is C8H7N3OS2. The van der Waals surface area contributed by atoms with Crippen molar-refractivity contribution in [3.63, 3.8) is 0 Å². The Labute approximate surface area is 88.6 Å². The average Bonchev–Trinajstić information content (AvgIpc) is 2.86. The molecule has 4 nitrogen and oxygen atoms in total. The van der Waals surface area contributed by atoms with E-state index in [9.17, 15) is 4.79 Å². The number of aromatic nitrogens is 2. The summed E-state index contributed by atoms with van der Waals surface area (Å²) >= 11 is 2.94. The first-order chi connectivity index (χ1) is 6.81. The summed E-state index contributed by atoms with van der Waals surface area (Å²) in [6.07, 6.45) is 1.72. The molecule has 6 heteroatoms. The molecule has 14 heavy (non-hydrogen) atoms. The van der Waals surface area contributed by atoms with Crippen LogP contribution in [0.4, 0.5) is 0 Å². The molecule has 0 aliphatic carbocycles. The minimum Gasteiger partial charge on any atom is -0.354 e. The minimum atomic E-state index is -0.163. The quantitative estimate of drug-likeness (QED) is 0.845. The number of amides is 1. The van der Waals surface area contributed by atoms with Gasteiger partial charge in [0.15, 0.2) is 10.0 Å². The molecular weight excluding hydrogens is 218 g/mol.